The smallest absolute Gasteiger partial charge is 0.452 e. The predicted octanol–water partition coefficient (Wildman–Crippen LogP) is -8.11. The van der Waals surface area contributed by atoms with E-state index in [0.717, 1.165) is 16.7 Å². The van der Waals surface area contributed by atoms with E-state index < -0.39 is 137 Å². The number of nitrogens with one attached hydrogen (secondary N) is 11. The average Bonchev–Trinajstić information content (AvgIpc) is 0.937. The standard InChI is InChI=1S/C17H26BN5O8.C15H21N5O7.C15H19N5O6.C6H14O3.C2H3NOP/c1-18(29)10-23-13(6-11-2-4-12(5-3-11)30-31-19)17(28)22-8-15(25)20-7-14(24)21-9-16(26)27;16-11(5-9-1-3-10(4-2-9)26-27-17)15(25)20-7-13(22)18-6-12(21)19-8-14(23)24;16-26-25-10-3-1-9(2-4-10)5-11-15(24)19-7-13(22)17-6-12(21)18-8-14(23)20-11;1-7-3-5-9-6-4-8-2;1-5(4)2-3/h2-5,13,23,29H,6-10,19H2,1H3,(H,20,25)(H,21,24)(H,22,28)(H,26,27);1-4,11H,5-8,16-17H2,(H,18,22)(H,19,21)(H,20,25)(H,23,24);1-4,11H,5-8,16H2,(H,17,22)(H,18,21)(H,19,24)(H,20,23);3-6H2,1-2H3;1H3/q;;;;+1/p+1. The molecule has 41 nitrogen and oxygen atoms in total. The number of amides is 10. The topological polar surface area (TPSA) is 627 Å². The quantitative estimate of drug-likeness (QED) is 0.00855. The van der Waals surface area contributed by atoms with Crippen molar-refractivity contribution in [1.29, 1.82) is 5.26 Å². The van der Waals surface area contributed by atoms with Crippen LogP contribution in [0.5, 0.6) is 17.2 Å². The van der Waals surface area contributed by atoms with Gasteiger partial charge in [0, 0.05) is 33.5 Å². The van der Waals surface area contributed by atoms with Crippen LogP contribution in [0.4, 0.5) is 0 Å². The number of ether oxygens (including phenoxy) is 3. The molecular weight excluding hydrogens is 1330 g/mol. The Bertz CT molecular complexity index is 3010. The van der Waals surface area contributed by atoms with Gasteiger partial charge in [0.05, 0.1) is 78.3 Å². The number of carbonyl (C=O) groups is 12. The Kier molecular flexibility index (Phi) is 48.5. The second kappa shape index (κ2) is 54.0. The molecule has 4 atom stereocenters. The normalized spacial score (nSPS) is 13.1. The minimum Gasteiger partial charge on any atom is -0.480 e. The molecule has 1 heterocycles. The van der Waals surface area contributed by atoms with E-state index in [1.807, 2.05) is 0 Å². The summed E-state index contributed by atoms with van der Waals surface area (Å²) in [5, 5.41) is 60.1. The van der Waals surface area contributed by atoms with E-state index in [4.69, 9.17) is 47.4 Å². The van der Waals surface area contributed by atoms with Gasteiger partial charge in [-0.15, -0.1) is 5.26 Å². The molecule has 4 rings (SSSR count). The van der Waals surface area contributed by atoms with Gasteiger partial charge in [0.25, 0.3) is 12.8 Å². The van der Waals surface area contributed by atoms with Crippen LogP contribution in [-0.2, 0) is 111 Å². The first-order valence-corrected chi connectivity index (χ1v) is 30.5. The number of hydrogen-bond donors (Lipinski definition) is 18. The van der Waals surface area contributed by atoms with Crippen molar-refractivity contribution in [3.8, 4) is 23.1 Å². The SMILES string of the molecule is CB(O)CNC(Cc1ccc(OON)cc1)C(=O)NCC(=O)NCC(=O)NCC(=O)O.COCCOCCOC.C[P+](=O)C#N.NOOc1ccc(CC([NH3+])C(=O)NCC(=O)NCC(=O)NCC(=O)O)cc1.NOOc1ccc(CC2NC(=O)CNC(=O)CNC(=O)CNC2=O)cc1. The number of quaternary nitrogens is 1. The third-order valence-corrected chi connectivity index (χ3v) is 11.8. The van der Waals surface area contributed by atoms with Gasteiger partial charge in [-0.25, -0.2) is 0 Å². The van der Waals surface area contributed by atoms with Gasteiger partial charge < -0.3 is 108 Å². The number of nitriles is 1. The highest BCUT2D eigenvalue weighted by Crippen LogP contribution is 2.16. The molecule has 23 N–H and O–H groups in total. The zero-order valence-electron chi connectivity index (χ0n) is 53.9. The van der Waals surface area contributed by atoms with Crippen LogP contribution in [0.15, 0.2) is 72.8 Å². The zero-order chi connectivity index (χ0) is 73.6. The molecule has 0 spiro atoms. The van der Waals surface area contributed by atoms with Gasteiger partial charge in [-0.3, -0.25) is 57.5 Å². The molecule has 0 radical (unpaired) electrons. The molecule has 0 aliphatic carbocycles. The second-order valence-corrected chi connectivity index (χ2v) is 20.7. The number of benzene rings is 3. The van der Waals surface area contributed by atoms with Crippen molar-refractivity contribution in [2.75, 3.05) is 113 Å². The Morgan fingerprint density at radius 1 is 0.592 bits per heavy atom. The van der Waals surface area contributed by atoms with E-state index >= 15 is 0 Å². The number of hydrogen-bond acceptors (Lipinski definition) is 28. The van der Waals surface area contributed by atoms with Crippen molar-refractivity contribution in [2.45, 2.75) is 44.2 Å². The monoisotopic (exact) mass is 1410 g/mol. The van der Waals surface area contributed by atoms with Crippen LogP contribution >= 0.6 is 7.80 Å². The van der Waals surface area contributed by atoms with Crippen molar-refractivity contribution in [2.24, 2.45) is 17.7 Å². The summed E-state index contributed by atoms with van der Waals surface area (Å²) in [6.45, 7) is 1.33. The maximum absolute atomic E-state index is 12.5. The van der Waals surface area contributed by atoms with Crippen LogP contribution in [0.1, 0.15) is 16.7 Å². The van der Waals surface area contributed by atoms with Crippen molar-refractivity contribution >= 4 is 85.7 Å². The molecule has 3 aromatic rings. The van der Waals surface area contributed by atoms with E-state index in [1.165, 1.54) is 12.5 Å². The molecule has 10 amide bonds. The molecule has 0 aromatic heterocycles. The highest BCUT2D eigenvalue weighted by molar-refractivity contribution is 7.49. The molecule has 1 aliphatic rings. The number of carboxylic acids is 2. The van der Waals surface area contributed by atoms with Crippen LogP contribution in [0.25, 0.3) is 0 Å². The number of carboxylic acid groups (broad SMARTS) is 2. The third kappa shape index (κ3) is 46.9. The molecule has 3 aromatic carbocycles. The highest BCUT2D eigenvalue weighted by atomic mass is 31.1. The largest absolute Gasteiger partial charge is 0.480 e. The van der Waals surface area contributed by atoms with Crippen LogP contribution in [-0.4, -0.2) is 224 Å². The van der Waals surface area contributed by atoms with Gasteiger partial charge in [-0.2, -0.15) is 17.7 Å². The third-order valence-electron chi connectivity index (χ3n) is 11.5. The molecule has 1 aliphatic heterocycles. The first-order valence-electron chi connectivity index (χ1n) is 28.8. The van der Waals surface area contributed by atoms with Crippen LogP contribution in [0.3, 0.4) is 0 Å². The van der Waals surface area contributed by atoms with Gasteiger partial charge in [-0.1, -0.05) is 62.8 Å². The minimum absolute atomic E-state index is 0.149. The van der Waals surface area contributed by atoms with Crippen LogP contribution in [0, 0.1) is 11.1 Å². The number of aliphatic carboxylic acids is 2. The molecular formula is C55H84BN16O25P+2. The number of rotatable bonds is 35. The summed E-state index contributed by atoms with van der Waals surface area (Å²) in [4.78, 5) is 165. The number of carbonyl (C=O) groups excluding carboxylic acids is 10. The summed E-state index contributed by atoms with van der Waals surface area (Å²) in [7, 11) is 1.76. The number of nitrogens with zero attached hydrogens (tertiary/aromatic N) is 1. The Morgan fingerprint density at radius 2 is 0.959 bits per heavy atom. The molecule has 0 saturated carbocycles. The Morgan fingerprint density at radius 3 is 1.35 bits per heavy atom. The number of methoxy groups -OCH3 is 2. The number of nitrogens with two attached hydrogens (primary N) is 3. The summed E-state index contributed by atoms with van der Waals surface area (Å²) in [6, 6.07) is 17.4. The van der Waals surface area contributed by atoms with Crippen molar-refractivity contribution < 1.29 is 127 Å². The van der Waals surface area contributed by atoms with Gasteiger partial charge in [0.15, 0.2) is 30.0 Å². The molecule has 1 saturated heterocycles. The zero-order valence-corrected chi connectivity index (χ0v) is 54.8. The minimum atomic E-state index is -1.54. The first kappa shape index (κ1) is 87.9. The second-order valence-electron chi connectivity index (χ2n) is 19.5. The first-order chi connectivity index (χ1) is 46.7. The van der Waals surface area contributed by atoms with Crippen molar-refractivity contribution in [3.05, 3.63) is 89.5 Å². The average molecular weight is 1410 g/mol. The van der Waals surface area contributed by atoms with Crippen molar-refractivity contribution in [3.63, 3.8) is 0 Å². The van der Waals surface area contributed by atoms with Gasteiger partial charge in [0.2, 0.25) is 53.2 Å². The fraction of sp³-hybridized carbons (Fsp3) is 0.436. The van der Waals surface area contributed by atoms with E-state index in [1.54, 1.807) is 93.8 Å². The fourth-order valence-electron chi connectivity index (χ4n) is 6.80. The van der Waals surface area contributed by atoms with Crippen molar-refractivity contribution in [1.82, 2.24) is 58.5 Å². The predicted molar refractivity (Wildman–Crippen MR) is 338 cm³/mol. The molecule has 98 heavy (non-hydrogen) atoms. The van der Waals surface area contributed by atoms with Gasteiger partial charge in [0.1, 0.15) is 19.1 Å². The van der Waals surface area contributed by atoms with Crippen LogP contribution < -0.4 is 96.6 Å². The maximum Gasteiger partial charge on any atom is 0.452 e. The summed E-state index contributed by atoms with van der Waals surface area (Å²) < 4.78 is 24.2. The van der Waals surface area contributed by atoms with E-state index in [-0.39, 0.29) is 45.5 Å². The molecule has 540 valence electrons. The van der Waals surface area contributed by atoms with E-state index in [0.29, 0.717) is 50.1 Å². The summed E-state index contributed by atoms with van der Waals surface area (Å²) in [6.07, 6.45) is 0.892. The molecule has 0 bridgehead atoms. The lowest BCUT2D eigenvalue weighted by Crippen LogP contribution is -2.68. The van der Waals surface area contributed by atoms with Gasteiger partial charge in [-0.05, 0) is 59.5 Å². The fourth-order valence-corrected chi connectivity index (χ4v) is 6.80. The maximum atomic E-state index is 12.5. The Balaban J connectivity index is 0.00000131. The lowest BCUT2D eigenvalue weighted by Gasteiger charge is -2.20. The van der Waals surface area contributed by atoms with Crippen LogP contribution in [0.2, 0.25) is 6.82 Å². The molecule has 1 fully saturated rings. The Labute approximate surface area is 561 Å². The lowest BCUT2D eigenvalue weighted by molar-refractivity contribution is -0.403. The molecule has 43 heteroatoms. The van der Waals surface area contributed by atoms with E-state index in [9.17, 15) is 67.1 Å². The summed E-state index contributed by atoms with van der Waals surface area (Å²) >= 11 is 0. The van der Waals surface area contributed by atoms with E-state index in [2.05, 4.69) is 93.8 Å². The lowest BCUT2D eigenvalue weighted by atomic mass is 9.72. The highest BCUT2D eigenvalue weighted by Gasteiger charge is 2.25. The van der Waals surface area contributed by atoms with Gasteiger partial charge >= 0.3 is 25.5 Å². The molecule has 4 unspecified atom stereocenters. The summed E-state index contributed by atoms with van der Waals surface area (Å²) in [5.74, 6) is 9.12. The summed E-state index contributed by atoms with van der Waals surface area (Å²) in [5.41, 5.74) is 6.04. The Hall–Kier alpha value is -10.1.